The smallest absolute Gasteiger partial charge is 0.267 e. The summed E-state index contributed by atoms with van der Waals surface area (Å²) < 4.78 is 43.0. The van der Waals surface area contributed by atoms with E-state index in [1.165, 1.54) is 17.5 Å². The van der Waals surface area contributed by atoms with E-state index in [-0.39, 0.29) is 9.77 Å². The van der Waals surface area contributed by atoms with Gasteiger partial charge in [0.2, 0.25) is 10.0 Å². The molecule has 1 fully saturated rings. The minimum absolute atomic E-state index is 0.0481. The van der Waals surface area contributed by atoms with Gasteiger partial charge < -0.3 is 19.5 Å². The molecular weight excluding hydrogens is 416 g/mol. The van der Waals surface area contributed by atoms with Gasteiger partial charge in [0.05, 0.1) is 13.7 Å². The van der Waals surface area contributed by atoms with E-state index in [1.54, 1.807) is 30.7 Å². The maximum Gasteiger partial charge on any atom is 0.267 e. The normalized spacial score (nSPS) is 14.7. The van der Waals surface area contributed by atoms with Crippen LogP contribution in [0.15, 0.2) is 34.5 Å². The van der Waals surface area contributed by atoms with Crippen LogP contribution >= 0.6 is 11.3 Å². The van der Waals surface area contributed by atoms with Crippen LogP contribution in [0.4, 0.5) is 5.69 Å². The summed E-state index contributed by atoms with van der Waals surface area (Å²) in [4.78, 5) is 13.0. The molecule has 1 amide bonds. The molecular formula is C19H24N2O6S2. The first-order valence-corrected chi connectivity index (χ1v) is 11.5. The van der Waals surface area contributed by atoms with Crippen molar-refractivity contribution in [2.24, 2.45) is 0 Å². The number of thiophene rings is 1. The first kappa shape index (κ1) is 21.6. The van der Waals surface area contributed by atoms with E-state index in [0.29, 0.717) is 43.5 Å². The Morgan fingerprint density at radius 2 is 1.90 bits per heavy atom. The number of hydrogen-bond acceptors (Lipinski definition) is 7. The summed E-state index contributed by atoms with van der Waals surface area (Å²) in [5.41, 5.74) is 0.473. The van der Waals surface area contributed by atoms with Gasteiger partial charge in [-0.1, -0.05) is 0 Å². The fourth-order valence-electron chi connectivity index (χ4n) is 3.02. The number of sulfonamides is 1. The second-order valence-electron chi connectivity index (χ2n) is 6.39. The summed E-state index contributed by atoms with van der Waals surface area (Å²) in [6, 6.07) is 6.46. The van der Waals surface area contributed by atoms with Crippen LogP contribution in [-0.4, -0.2) is 59.2 Å². The van der Waals surface area contributed by atoms with Gasteiger partial charge in [-0.15, -0.1) is 11.3 Å². The topological polar surface area (TPSA) is 94.2 Å². The highest BCUT2D eigenvalue weighted by Crippen LogP contribution is 2.32. The van der Waals surface area contributed by atoms with Gasteiger partial charge in [-0.05, 0) is 36.4 Å². The van der Waals surface area contributed by atoms with Crippen molar-refractivity contribution in [3.05, 3.63) is 34.5 Å². The van der Waals surface area contributed by atoms with Crippen LogP contribution in [-0.2, 0) is 14.8 Å². The van der Waals surface area contributed by atoms with Crippen LogP contribution in [0.1, 0.15) is 22.5 Å². The predicted molar refractivity (Wildman–Crippen MR) is 111 cm³/mol. The van der Waals surface area contributed by atoms with Crippen LogP contribution in [0.3, 0.4) is 0 Å². The fourth-order valence-corrected chi connectivity index (χ4v) is 5.84. The number of nitrogens with one attached hydrogen (secondary N) is 1. The number of carbonyl (C=O) groups excluding carboxylic acids is 1. The molecule has 1 aliphatic rings. The Labute approximate surface area is 174 Å². The number of rotatable bonds is 9. The summed E-state index contributed by atoms with van der Waals surface area (Å²) in [7, 11) is -0.572. The molecule has 2 heterocycles. The van der Waals surface area contributed by atoms with E-state index in [9.17, 15) is 13.2 Å². The number of ether oxygens (including phenoxy) is 3. The summed E-state index contributed by atoms with van der Waals surface area (Å²) in [6.07, 6.45) is 1.67. The molecule has 1 saturated heterocycles. The van der Waals surface area contributed by atoms with E-state index in [4.69, 9.17) is 14.2 Å². The zero-order chi connectivity index (χ0) is 20.9. The highest BCUT2D eigenvalue weighted by atomic mass is 32.2. The molecule has 0 bridgehead atoms. The maximum atomic E-state index is 12.9. The molecule has 1 N–H and O–H groups in total. The van der Waals surface area contributed by atoms with Crippen LogP contribution in [0.2, 0.25) is 0 Å². The lowest BCUT2D eigenvalue weighted by atomic mass is 10.2. The Hall–Kier alpha value is -2.14. The zero-order valence-corrected chi connectivity index (χ0v) is 18.0. The lowest BCUT2D eigenvalue weighted by molar-refractivity contribution is 0.102. The number of benzene rings is 1. The molecule has 8 nitrogen and oxygen atoms in total. The molecule has 29 heavy (non-hydrogen) atoms. The Bertz CT molecular complexity index is 951. The van der Waals surface area contributed by atoms with Gasteiger partial charge in [0.15, 0.2) is 11.5 Å². The van der Waals surface area contributed by atoms with Gasteiger partial charge in [-0.3, -0.25) is 4.79 Å². The highest BCUT2D eigenvalue weighted by Gasteiger charge is 2.31. The van der Waals surface area contributed by atoms with Gasteiger partial charge >= 0.3 is 0 Å². The molecule has 3 rings (SSSR count). The van der Waals surface area contributed by atoms with E-state index in [2.05, 4.69) is 5.32 Å². The minimum Gasteiger partial charge on any atom is -0.493 e. The monoisotopic (exact) mass is 440 g/mol. The Kier molecular flexibility index (Phi) is 7.12. The Morgan fingerprint density at radius 3 is 2.59 bits per heavy atom. The molecule has 0 spiro atoms. The standard InChI is InChI=1S/C19H24N2O6S2/c1-25-10-11-27-16-13-14(5-6-15(16)26-2)20-19(22)18-17(7-12-28-18)29(23,24)21-8-3-4-9-21/h5-7,12-13H,3-4,8-11H2,1-2H3,(H,20,22). The number of anilines is 1. The second kappa shape index (κ2) is 9.57. The van der Waals surface area contributed by atoms with Crippen molar-refractivity contribution in [3.8, 4) is 11.5 Å². The van der Waals surface area contributed by atoms with Crippen LogP contribution in [0.5, 0.6) is 11.5 Å². The zero-order valence-electron chi connectivity index (χ0n) is 16.3. The summed E-state index contributed by atoms with van der Waals surface area (Å²) in [6.45, 7) is 1.71. The molecule has 0 radical (unpaired) electrons. The van der Waals surface area contributed by atoms with Crippen molar-refractivity contribution in [2.75, 3.05) is 45.8 Å². The third-order valence-corrected chi connectivity index (χ3v) is 7.47. The van der Waals surface area contributed by atoms with Crippen molar-refractivity contribution in [1.82, 2.24) is 4.31 Å². The van der Waals surface area contributed by atoms with Crippen molar-refractivity contribution < 1.29 is 27.4 Å². The minimum atomic E-state index is -3.67. The van der Waals surface area contributed by atoms with E-state index in [0.717, 1.165) is 24.2 Å². The van der Waals surface area contributed by atoms with Crippen molar-refractivity contribution in [3.63, 3.8) is 0 Å². The quantitative estimate of drug-likeness (QED) is 0.603. The SMILES string of the molecule is COCCOc1cc(NC(=O)c2sccc2S(=O)(=O)N2CCCC2)ccc1OC. The molecule has 1 aromatic heterocycles. The Balaban J connectivity index is 1.79. The van der Waals surface area contributed by atoms with Gasteiger partial charge in [0.25, 0.3) is 5.91 Å². The highest BCUT2D eigenvalue weighted by molar-refractivity contribution is 7.89. The molecule has 2 aromatic rings. The average Bonchev–Trinajstić information content (AvgIpc) is 3.41. The third-order valence-electron chi connectivity index (χ3n) is 4.48. The maximum absolute atomic E-state index is 12.9. The Morgan fingerprint density at radius 1 is 1.14 bits per heavy atom. The predicted octanol–water partition coefficient (Wildman–Crippen LogP) is 2.82. The van der Waals surface area contributed by atoms with Crippen LogP contribution in [0, 0.1) is 0 Å². The molecule has 158 valence electrons. The first-order chi connectivity index (χ1) is 14.0. The number of methoxy groups -OCH3 is 2. The number of amides is 1. The molecule has 1 aliphatic heterocycles. The van der Waals surface area contributed by atoms with E-state index < -0.39 is 15.9 Å². The fraction of sp³-hybridized carbons (Fsp3) is 0.421. The van der Waals surface area contributed by atoms with Crippen molar-refractivity contribution in [1.29, 1.82) is 0 Å². The molecule has 10 heteroatoms. The third kappa shape index (κ3) is 4.89. The van der Waals surface area contributed by atoms with Crippen LogP contribution in [0.25, 0.3) is 0 Å². The van der Waals surface area contributed by atoms with Gasteiger partial charge in [0, 0.05) is 32.0 Å². The molecule has 0 atom stereocenters. The molecule has 1 aromatic carbocycles. The van der Waals surface area contributed by atoms with E-state index >= 15 is 0 Å². The second-order valence-corrected chi connectivity index (χ2v) is 9.21. The van der Waals surface area contributed by atoms with Crippen molar-refractivity contribution >= 4 is 33.0 Å². The number of nitrogens with zero attached hydrogens (tertiary/aromatic N) is 1. The lowest BCUT2D eigenvalue weighted by Crippen LogP contribution is -2.29. The number of hydrogen-bond donors (Lipinski definition) is 1. The summed E-state index contributed by atoms with van der Waals surface area (Å²) in [5.74, 6) is 0.497. The van der Waals surface area contributed by atoms with E-state index in [1.807, 2.05) is 0 Å². The number of carbonyl (C=O) groups is 1. The molecule has 0 unspecified atom stereocenters. The largest absolute Gasteiger partial charge is 0.493 e. The van der Waals surface area contributed by atoms with Gasteiger partial charge in [0.1, 0.15) is 16.4 Å². The van der Waals surface area contributed by atoms with Crippen molar-refractivity contribution in [2.45, 2.75) is 17.7 Å². The molecule has 0 aliphatic carbocycles. The summed E-state index contributed by atoms with van der Waals surface area (Å²) >= 11 is 1.10. The van der Waals surface area contributed by atoms with Gasteiger partial charge in [-0.25, -0.2) is 8.42 Å². The summed E-state index contributed by atoms with van der Waals surface area (Å²) in [5, 5.41) is 4.37. The van der Waals surface area contributed by atoms with Crippen LogP contribution < -0.4 is 14.8 Å². The lowest BCUT2D eigenvalue weighted by Gasteiger charge is -2.16. The first-order valence-electron chi connectivity index (χ1n) is 9.16. The molecule has 0 saturated carbocycles. The average molecular weight is 441 g/mol. The van der Waals surface area contributed by atoms with Gasteiger partial charge in [-0.2, -0.15) is 4.31 Å².